The van der Waals surface area contributed by atoms with Gasteiger partial charge in [0.05, 0.1) is 92.2 Å². The minimum atomic E-state index is -2.10. The largest absolute Gasteiger partial charge is 0.458 e. The monoisotopic (exact) mass is 1370 g/mol. The third kappa shape index (κ3) is 14.0. The van der Waals surface area contributed by atoms with Crippen molar-refractivity contribution in [2.24, 2.45) is 24.1 Å². The number of para-hydroxylation sites is 1. The highest BCUT2D eigenvalue weighted by Crippen LogP contribution is 2.49. The molecule has 12 rings (SSSR count). The zero-order chi connectivity index (χ0) is 70.9. The van der Waals surface area contributed by atoms with Crippen LogP contribution in [0.3, 0.4) is 0 Å². The Morgan fingerprint density at radius 3 is 2.21 bits per heavy atom. The van der Waals surface area contributed by atoms with Gasteiger partial charge in [0.1, 0.15) is 36.2 Å². The molecular formula is C72H84FN13O14. The van der Waals surface area contributed by atoms with Crippen LogP contribution in [0.2, 0.25) is 0 Å². The van der Waals surface area contributed by atoms with E-state index in [0.29, 0.717) is 53.7 Å². The number of nitrogens with zero attached hydrogens (tertiary/aromatic N) is 7. The van der Waals surface area contributed by atoms with Crippen LogP contribution >= 0.6 is 0 Å². The van der Waals surface area contributed by atoms with Crippen LogP contribution in [-0.4, -0.2) is 152 Å². The minimum Gasteiger partial charge on any atom is -0.458 e. The molecule has 8 amide bonds. The maximum atomic E-state index is 15.6. The van der Waals surface area contributed by atoms with E-state index in [9.17, 15) is 53.1 Å². The van der Waals surface area contributed by atoms with Crippen LogP contribution in [0.4, 0.5) is 10.1 Å². The molecule has 28 heteroatoms. The molecule has 3 aromatic heterocycles. The van der Waals surface area contributed by atoms with Crippen LogP contribution in [-0.2, 0) is 96.1 Å². The number of primary amides is 1. The average Bonchev–Trinajstić information content (AvgIpc) is 1.47. The number of benzene rings is 3. The SMILES string of the molecule is CC[C@@]1(O)C(=O)OCc2c1cc1n(c2=O)Cc2c-1nc1cc(F)c(C)c3c1c2[C@@H](NC(=O)[C@H](CC(N)=O)NC(=O)[C@H](C)NC(=O)[C@H](C)NC(=O)CCOCCOCCC(=O)N1CCC2(CCC(C(=O)NCCC(=O)N4Cc5ccccc5-c5nnn(C)c5-c5ccccc54)CC2)CC1)CC3. The van der Waals surface area contributed by atoms with Gasteiger partial charge >= 0.3 is 5.97 Å². The number of likely N-dealkylation sites (tertiary alicyclic amines) is 1. The number of carbonyl (C=O) groups excluding carboxylic acids is 9. The van der Waals surface area contributed by atoms with E-state index in [4.69, 9.17) is 24.9 Å². The lowest BCUT2D eigenvalue weighted by molar-refractivity contribution is -0.172. The van der Waals surface area contributed by atoms with Crippen molar-refractivity contribution in [2.75, 3.05) is 51.0 Å². The van der Waals surface area contributed by atoms with Crippen molar-refractivity contribution in [3.63, 3.8) is 0 Å². The number of rotatable bonds is 23. The quantitative estimate of drug-likeness (QED) is 0.0350. The number of piperidine rings is 1. The summed E-state index contributed by atoms with van der Waals surface area (Å²) < 4.78 is 35.2. The summed E-state index contributed by atoms with van der Waals surface area (Å²) in [6.45, 7) is 7.97. The number of aliphatic hydroxyl groups is 1. The highest BCUT2D eigenvalue weighted by Gasteiger charge is 2.47. The molecule has 2 aliphatic carbocycles. The molecule has 1 spiro atoms. The van der Waals surface area contributed by atoms with Gasteiger partial charge in [0.2, 0.25) is 47.3 Å². The van der Waals surface area contributed by atoms with Gasteiger partial charge in [0.15, 0.2) is 5.60 Å². The third-order valence-corrected chi connectivity index (χ3v) is 21.0. The van der Waals surface area contributed by atoms with Crippen molar-refractivity contribution in [1.29, 1.82) is 0 Å². The van der Waals surface area contributed by atoms with Gasteiger partial charge in [0, 0.05) is 79.1 Å². The fourth-order valence-corrected chi connectivity index (χ4v) is 15.2. The molecule has 0 radical (unpaired) electrons. The zero-order valence-corrected chi connectivity index (χ0v) is 56.8. The van der Waals surface area contributed by atoms with Crippen LogP contribution in [0.5, 0.6) is 0 Å². The van der Waals surface area contributed by atoms with Crippen LogP contribution in [0, 0.1) is 24.1 Å². The number of anilines is 1. The Morgan fingerprint density at radius 2 is 1.48 bits per heavy atom. The first-order valence-electron chi connectivity index (χ1n) is 34.4. The molecule has 6 aromatic rings. The summed E-state index contributed by atoms with van der Waals surface area (Å²) in [5.74, 6) is -5.49. The molecule has 8 N–H and O–H groups in total. The molecular weight excluding hydrogens is 1290 g/mol. The van der Waals surface area contributed by atoms with E-state index in [-0.39, 0.29) is 135 Å². The molecule has 4 aliphatic heterocycles. The highest BCUT2D eigenvalue weighted by molar-refractivity contribution is 6.01. The van der Waals surface area contributed by atoms with E-state index >= 15 is 4.39 Å². The molecule has 100 heavy (non-hydrogen) atoms. The Labute approximate surface area is 575 Å². The normalized spacial score (nSPS) is 18.8. The fourth-order valence-electron chi connectivity index (χ4n) is 15.2. The average molecular weight is 1370 g/mol. The molecule has 7 heterocycles. The first kappa shape index (κ1) is 70.1. The van der Waals surface area contributed by atoms with Gasteiger partial charge in [-0.15, -0.1) is 5.10 Å². The van der Waals surface area contributed by atoms with Crippen molar-refractivity contribution >= 4 is 69.8 Å². The van der Waals surface area contributed by atoms with Crippen molar-refractivity contribution in [3.05, 3.63) is 116 Å². The lowest BCUT2D eigenvalue weighted by atomic mass is 9.65. The number of nitrogens with two attached hydrogens (primary N) is 1. The molecule has 5 atom stereocenters. The van der Waals surface area contributed by atoms with E-state index < -0.39 is 83.1 Å². The Balaban J connectivity index is 0.535. The lowest BCUT2D eigenvalue weighted by Gasteiger charge is -2.45. The van der Waals surface area contributed by atoms with Gasteiger partial charge < -0.3 is 66.0 Å². The number of cyclic esters (lactones) is 1. The molecule has 0 unspecified atom stereocenters. The Hall–Kier alpha value is -9.80. The number of amides is 8. The predicted molar refractivity (Wildman–Crippen MR) is 361 cm³/mol. The molecule has 1 saturated carbocycles. The number of esters is 1. The first-order chi connectivity index (χ1) is 48.0. The van der Waals surface area contributed by atoms with Crippen LogP contribution in [0.25, 0.3) is 44.8 Å². The Kier molecular flexibility index (Phi) is 20.5. The third-order valence-electron chi connectivity index (χ3n) is 21.0. The number of nitrogens with one attached hydrogen (secondary N) is 5. The summed E-state index contributed by atoms with van der Waals surface area (Å²) >= 11 is 0. The van der Waals surface area contributed by atoms with Crippen molar-refractivity contribution in [1.82, 2.24) is 56.0 Å². The number of aromatic nitrogens is 5. The van der Waals surface area contributed by atoms with E-state index in [1.165, 1.54) is 30.5 Å². The highest BCUT2D eigenvalue weighted by atomic mass is 19.1. The second-order valence-electron chi connectivity index (χ2n) is 27.1. The van der Waals surface area contributed by atoms with E-state index in [1.807, 2.05) is 60.5 Å². The van der Waals surface area contributed by atoms with E-state index in [2.05, 4.69) is 36.9 Å². The van der Waals surface area contributed by atoms with Crippen LogP contribution in [0.15, 0.2) is 65.5 Å². The summed E-state index contributed by atoms with van der Waals surface area (Å²) in [5.41, 5.74) is 11.2. The number of hydrogen-bond donors (Lipinski definition) is 7. The molecule has 27 nitrogen and oxygen atoms in total. The van der Waals surface area contributed by atoms with Gasteiger partial charge in [-0.1, -0.05) is 54.6 Å². The summed E-state index contributed by atoms with van der Waals surface area (Å²) in [6.07, 6.45) is 5.06. The molecule has 2 fully saturated rings. The van der Waals surface area contributed by atoms with Gasteiger partial charge in [-0.25, -0.2) is 18.9 Å². The lowest BCUT2D eigenvalue weighted by Crippen LogP contribution is -2.56. The second-order valence-corrected chi connectivity index (χ2v) is 27.1. The number of hydrogen-bond acceptors (Lipinski definition) is 17. The topological polar surface area (TPSA) is 360 Å². The van der Waals surface area contributed by atoms with Gasteiger partial charge in [-0.2, -0.15) is 0 Å². The van der Waals surface area contributed by atoms with Crippen molar-refractivity contribution in [3.8, 4) is 33.9 Å². The van der Waals surface area contributed by atoms with Crippen LogP contribution < -0.4 is 42.8 Å². The van der Waals surface area contributed by atoms with E-state index in [1.54, 1.807) is 23.4 Å². The Bertz CT molecular complexity index is 4340. The second kappa shape index (κ2) is 29.2. The number of ether oxygens (including phenoxy) is 3. The van der Waals surface area contributed by atoms with Gasteiger partial charge in [0.25, 0.3) is 5.56 Å². The molecule has 3 aromatic carbocycles. The first-order valence-corrected chi connectivity index (χ1v) is 34.4. The van der Waals surface area contributed by atoms with Gasteiger partial charge in [-0.05, 0) is 118 Å². The maximum absolute atomic E-state index is 15.6. The molecule has 6 aliphatic rings. The molecule has 528 valence electrons. The summed E-state index contributed by atoms with van der Waals surface area (Å²) in [5, 5.41) is 34.4. The Morgan fingerprint density at radius 1 is 0.790 bits per heavy atom. The van der Waals surface area contributed by atoms with Gasteiger partial charge in [-0.3, -0.25) is 43.2 Å². The van der Waals surface area contributed by atoms with E-state index in [0.717, 1.165) is 72.3 Å². The summed E-state index contributed by atoms with van der Waals surface area (Å²) in [7, 11) is 1.84. The summed E-state index contributed by atoms with van der Waals surface area (Å²) in [6, 6.07) is 13.7. The maximum Gasteiger partial charge on any atom is 0.343 e. The number of pyridine rings is 2. The number of fused-ring (bicyclic) bond motifs is 10. The molecule has 0 bridgehead atoms. The standard InChI is InChI=1S/C72H84FN13O14/c1-6-72(97)49-33-55-62-47(37-86(55)69(95)48(49)38-100-70(72)96)61-51(16-15-44-39(2)50(73)34-52(78-62)60(44)61)79-68(94)53(35-56(74)87)80-66(92)41(4)77-65(91)40(3)76-57(88)20-29-98-31-32-99-30-21-58(89)84-27-24-71(25-28-84)22-17-42(18-23-71)67(93)75-26-19-59(90)85-36-43-11-7-8-12-45(43)63-64(83(5)82-81-63)46-13-9-10-14-54(46)85/h7-14,33-34,40-42,51,53,97H,6,15-32,35-38H2,1-5H3,(H2,74,87)(H,75,93)(H,76,88)(H,77,91)(H,79,94)(H,80,92)/t40-,41-,51-,53-,72-/m0/s1. The van der Waals surface area contributed by atoms with Crippen molar-refractivity contribution in [2.45, 2.75) is 161 Å². The van der Waals surface area contributed by atoms with Crippen molar-refractivity contribution < 1.29 is 66.9 Å². The number of aryl methyl sites for hydroxylation is 2. The summed E-state index contributed by atoms with van der Waals surface area (Å²) in [4.78, 5) is 143. The predicted octanol–water partition coefficient (Wildman–Crippen LogP) is 4.13. The zero-order valence-electron chi connectivity index (χ0n) is 56.8. The fraction of sp³-hybridized carbons (Fsp3) is 0.486. The van der Waals surface area contributed by atoms with Crippen LogP contribution in [0.1, 0.15) is 143 Å². The minimum absolute atomic E-state index is 0.00119. The molecule has 1 saturated heterocycles. The number of halogens is 1. The smallest absolute Gasteiger partial charge is 0.343 e. The number of carbonyl (C=O) groups is 9.